The molecule has 0 saturated heterocycles. The Labute approximate surface area is 105 Å². The summed E-state index contributed by atoms with van der Waals surface area (Å²) in [6, 6.07) is 4.69. The van der Waals surface area contributed by atoms with Crippen molar-refractivity contribution in [3.05, 3.63) is 29.3 Å². The molecule has 1 aromatic rings. The smallest absolute Gasteiger partial charge is 0.255 e. The third kappa shape index (κ3) is 2.49. The maximum absolute atomic E-state index is 11.6. The van der Waals surface area contributed by atoms with Gasteiger partial charge in [-0.2, -0.15) is 0 Å². The van der Waals surface area contributed by atoms with Crippen LogP contribution in [0.5, 0.6) is 0 Å². The standard InChI is InChI=1S/C12H16N4O2/c1-14-16-12(18)11(13)8-2-4-9-7(6-8)3-5-10(17)15-9/h2,4,6,11,14H,3,5,13H2,1H3,(H,15,17)(H,16,18). The Morgan fingerprint density at radius 2 is 2.22 bits per heavy atom. The Balaban J connectivity index is 2.21. The maximum Gasteiger partial charge on any atom is 0.255 e. The van der Waals surface area contributed by atoms with Gasteiger partial charge in [0.05, 0.1) is 0 Å². The molecule has 6 nitrogen and oxygen atoms in total. The summed E-state index contributed by atoms with van der Waals surface area (Å²) in [7, 11) is 1.60. The molecule has 18 heavy (non-hydrogen) atoms. The highest BCUT2D eigenvalue weighted by Gasteiger charge is 2.19. The molecule has 1 aliphatic heterocycles. The number of hydrogen-bond donors (Lipinski definition) is 4. The van der Waals surface area contributed by atoms with Gasteiger partial charge in [0.15, 0.2) is 0 Å². The molecule has 5 N–H and O–H groups in total. The van der Waals surface area contributed by atoms with Crippen LogP contribution in [0.1, 0.15) is 23.6 Å². The molecule has 1 aromatic carbocycles. The minimum Gasteiger partial charge on any atom is -0.326 e. The van der Waals surface area contributed by atoms with E-state index >= 15 is 0 Å². The quantitative estimate of drug-likeness (QED) is 0.558. The molecular formula is C12H16N4O2. The lowest BCUT2D eigenvalue weighted by molar-refractivity contribution is -0.123. The van der Waals surface area contributed by atoms with E-state index in [9.17, 15) is 9.59 Å². The average molecular weight is 248 g/mol. The number of aryl methyl sites for hydroxylation is 1. The van der Waals surface area contributed by atoms with E-state index in [1.807, 2.05) is 6.07 Å². The Morgan fingerprint density at radius 1 is 1.44 bits per heavy atom. The summed E-state index contributed by atoms with van der Waals surface area (Å²) in [4.78, 5) is 22.8. The maximum atomic E-state index is 11.6. The number of anilines is 1. The molecular weight excluding hydrogens is 232 g/mol. The molecule has 0 radical (unpaired) electrons. The number of hydrazine groups is 1. The van der Waals surface area contributed by atoms with E-state index in [0.29, 0.717) is 12.8 Å². The van der Waals surface area contributed by atoms with Crippen LogP contribution in [0.15, 0.2) is 18.2 Å². The van der Waals surface area contributed by atoms with Crippen molar-refractivity contribution in [1.29, 1.82) is 0 Å². The number of hydrogen-bond acceptors (Lipinski definition) is 4. The first-order valence-corrected chi connectivity index (χ1v) is 5.76. The van der Waals surface area contributed by atoms with E-state index in [1.165, 1.54) is 0 Å². The second kappa shape index (κ2) is 5.16. The van der Waals surface area contributed by atoms with Crippen molar-refractivity contribution in [1.82, 2.24) is 10.9 Å². The van der Waals surface area contributed by atoms with Crippen LogP contribution < -0.4 is 21.9 Å². The number of nitrogens with one attached hydrogen (secondary N) is 3. The lowest BCUT2D eigenvalue weighted by Gasteiger charge is -2.19. The minimum absolute atomic E-state index is 0.0208. The van der Waals surface area contributed by atoms with Gasteiger partial charge in [-0.05, 0) is 23.6 Å². The van der Waals surface area contributed by atoms with Gasteiger partial charge >= 0.3 is 0 Å². The fraction of sp³-hybridized carbons (Fsp3) is 0.333. The molecule has 2 amide bonds. The second-order valence-electron chi connectivity index (χ2n) is 4.18. The molecule has 1 heterocycles. The minimum atomic E-state index is -0.722. The number of fused-ring (bicyclic) bond motifs is 1. The number of benzene rings is 1. The van der Waals surface area contributed by atoms with E-state index in [-0.39, 0.29) is 11.8 Å². The van der Waals surface area contributed by atoms with Gasteiger partial charge < -0.3 is 11.1 Å². The molecule has 0 saturated carbocycles. The second-order valence-corrected chi connectivity index (χ2v) is 4.18. The largest absolute Gasteiger partial charge is 0.326 e. The normalized spacial score (nSPS) is 15.6. The Morgan fingerprint density at radius 3 is 2.94 bits per heavy atom. The number of carbonyl (C=O) groups is 2. The fourth-order valence-corrected chi connectivity index (χ4v) is 1.95. The fourth-order valence-electron chi connectivity index (χ4n) is 1.95. The summed E-state index contributed by atoms with van der Waals surface area (Å²) >= 11 is 0. The summed E-state index contributed by atoms with van der Waals surface area (Å²) in [5.41, 5.74) is 13.4. The number of carbonyl (C=O) groups excluding carboxylic acids is 2. The zero-order valence-corrected chi connectivity index (χ0v) is 10.1. The highest BCUT2D eigenvalue weighted by molar-refractivity contribution is 5.94. The van der Waals surface area contributed by atoms with Gasteiger partial charge in [-0.1, -0.05) is 12.1 Å². The first-order valence-electron chi connectivity index (χ1n) is 5.76. The van der Waals surface area contributed by atoms with E-state index in [4.69, 9.17) is 5.73 Å². The molecule has 0 fully saturated rings. The summed E-state index contributed by atoms with van der Waals surface area (Å²) < 4.78 is 0. The van der Waals surface area contributed by atoms with Crippen molar-refractivity contribution in [3.63, 3.8) is 0 Å². The van der Waals surface area contributed by atoms with E-state index in [1.54, 1.807) is 19.2 Å². The zero-order chi connectivity index (χ0) is 13.1. The third-order valence-electron chi connectivity index (χ3n) is 2.91. The molecule has 96 valence electrons. The topological polar surface area (TPSA) is 96.2 Å². The molecule has 1 atom stereocenters. The van der Waals surface area contributed by atoms with Crippen LogP contribution in [0.3, 0.4) is 0 Å². The van der Waals surface area contributed by atoms with Gasteiger partial charge in [0.25, 0.3) is 5.91 Å². The van der Waals surface area contributed by atoms with Crippen molar-refractivity contribution in [2.45, 2.75) is 18.9 Å². The van der Waals surface area contributed by atoms with Crippen molar-refractivity contribution in [2.24, 2.45) is 5.73 Å². The SMILES string of the molecule is CNNC(=O)C(N)c1ccc2c(c1)CCC(=O)N2. The van der Waals surface area contributed by atoms with Crippen LogP contribution in [-0.4, -0.2) is 18.9 Å². The van der Waals surface area contributed by atoms with Crippen LogP contribution in [0.25, 0.3) is 0 Å². The van der Waals surface area contributed by atoms with Gasteiger partial charge in [0, 0.05) is 19.2 Å². The molecule has 1 unspecified atom stereocenters. The lowest BCUT2D eigenvalue weighted by atomic mass is 9.97. The van der Waals surface area contributed by atoms with E-state index < -0.39 is 6.04 Å². The predicted octanol–water partition coefficient (Wildman–Crippen LogP) is -0.178. The summed E-state index contributed by atoms with van der Waals surface area (Å²) in [6.45, 7) is 0. The Hall–Kier alpha value is -1.92. The summed E-state index contributed by atoms with van der Waals surface area (Å²) in [5.74, 6) is -0.273. The molecule has 0 spiro atoms. The average Bonchev–Trinajstić information content (AvgIpc) is 2.37. The predicted molar refractivity (Wildman–Crippen MR) is 67.5 cm³/mol. The van der Waals surface area contributed by atoms with Crippen molar-refractivity contribution < 1.29 is 9.59 Å². The number of amides is 2. The molecule has 6 heteroatoms. The van der Waals surface area contributed by atoms with Gasteiger partial charge in [-0.25, -0.2) is 5.43 Å². The van der Waals surface area contributed by atoms with Crippen LogP contribution in [0.2, 0.25) is 0 Å². The molecule has 0 aromatic heterocycles. The van der Waals surface area contributed by atoms with Crippen molar-refractivity contribution in [2.75, 3.05) is 12.4 Å². The highest BCUT2D eigenvalue weighted by atomic mass is 16.2. The Kier molecular flexibility index (Phi) is 3.59. The molecule has 0 aliphatic carbocycles. The summed E-state index contributed by atoms with van der Waals surface area (Å²) in [6.07, 6.45) is 1.14. The number of rotatable bonds is 3. The van der Waals surface area contributed by atoms with Crippen LogP contribution >= 0.6 is 0 Å². The lowest BCUT2D eigenvalue weighted by Crippen LogP contribution is -2.40. The van der Waals surface area contributed by atoms with E-state index in [0.717, 1.165) is 16.8 Å². The first kappa shape index (κ1) is 12.5. The highest BCUT2D eigenvalue weighted by Crippen LogP contribution is 2.25. The van der Waals surface area contributed by atoms with Crippen LogP contribution in [0, 0.1) is 0 Å². The molecule has 1 aliphatic rings. The third-order valence-corrected chi connectivity index (χ3v) is 2.91. The first-order chi connectivity index (χ1) is 8.61. The Bertz CT molecular complexity index is 487. The molecule has 0 bridgehead atoms. The van der Waals surface area contributed by atoms with Gasteiger partial charge in [0.1, 0.15) is 6.04 Å². The van der Waals surface area contributed by atoms with Gasteiger partial charge in [-0.3, -0.25) is 15.0 Å². The van der Waals surface area contributed by atoms with E-state index in [2.05, 4.69) is 16.2 Å². The summed E-state index contributed by atoms with van der Waals surface area (Å²) in [5, 5.41) is 2.79. The van der Waals surface area contributed by atoms with Crippen molar-refractivity contribution in [3.8, 4) is 0 Å². The van der Waals surface area contributed by atoms with Crippen LogP contribution in [0.4, 0.5) is 5.69 Å². The van der Waals surface area contributed by atoms with Crippen molar-refractivity contribution >= 4 is 17.5 Å². The van der Waals surface area contributed by atoms with Gasteiger partial charge in [0.2, 0.25) is 5.91 Å². The zero-order valence-electron chi connectivity index (χ0n) is 10.1. The molecule has 2 rings (SSSR count). The van der Waals surface area contributed by atoms with Crippen LogP contribution in [-0.2, 0) is 16.0 Å². The number of nitrogens with two attached hydrogens (primary N) is 1. The van der Waals surface area contributed by atoms with Gasteiger partial charge in [-0.15, -0.1) is 0 Å². The monoisotopic (exact) mass is 248 g/mol.